The number of nitrogens with one attached hydrogen (secondary N) is 1. The number of hydrogen-bond acceptors (Lipinski definition) is 2. The second-order valence-corrected chi connectivity index (χ2v) is 5.75. The van der Waals surface area contributed by atoms with Gasteiger partial charge in [0.05, 0.1) is 0 Å². The molecule has 124 valence electrons. The molecule has 3 amide bonds. The molecule has 0 spiro atoms. The number of halogens is 1. The predicted octanol–water partition coefficient (Wildman–Crippen LogP) is 3.01. The highest BCUT2D eigenvalue weighted by molar-refractivity contribution is 5.99. The van der Waals surface area contributed by atoms with Crippen LogP contribution in [-0.4, -0.2) is 36.5 Å². The Kier molecular flexibility index (Phi) is 4.46. The van der Waals surface area contributed by atoms with Crippen LogP contribution in [0.25, 0.3) is 0 Å². The minimum absolute atomic E-state index is 0.0578. The van der Waals surface area contributed by atoms with Crippen LogP contribution in [0, 0.1) is 12.7 Å². The molecular weight excluding hydrogens is 309 g/mol. The first-order valence-corrected chi connectivity index (χ1v) is 7.71. The van der Waals surface area contributed by atoms with Crippen molar-refractivity contribution >= 4 is 23.3 Å². The highest BCUT2D eigenvalue weighted by Gasteiger charge is 2.30. The lowest BCUT2D eigenvalue weighted by atomic mass is 10.2. The summed E-state index contributed by atoms with van der Waals surface area (Å²) in [6.45, 7) is 2.94. The Balaban J connectivity index is 1.61. The Morgan fingerprint density at radius 3 is 2.62 bits per heavy atom. The summed E-state index contributed by atoms with van der Waals surface area (Å²) >= 11 is 0. The van der Waals surface area contributed by atoms with Crippen molar-refractivity contribution in [3.8, 4) is 0 Å². The van der Waals surface area contributed by atoms with Crippen molar-refractivity contribution in [3.05, 3.63) is 59.9 Å². The average molecular weight is 327 g/mol. The lowest BCUT2D eigenvalue weighted by molar-refractivity contribution is -0.116. The highest BCUT2D eigenvalue weighted by atomic mass is 19.1. The summed E-state index contributed by atoms with van der Waals surface area (Å²) < 4.78 is 13.1. The molecule has 0 unspecified atom stereocenters. The number of carbonyl (C=O) groups is 2. The molecule has 0 atom stereocenters. The van der Waals surface area contributed by atoms with E-state index in [1.165, 1.54) is 23.1 Å². The van der Waals surface area contributed by atoms with E-state index >= 15 is 0 Å². The zero-order valence-corrected chi connectivity index (χ0v) is 13.3. The third-order valence-electron chi connectivity index (χ3n) is 3.88. The maximum Gasteiger partial charge on any atom is 0.325 e. The summed E-state index contributed by atoms with van der Waals surface area (Å²) in [5.74, 6) is -0.768. The topological polar surface area (TPSA) is 52.6 Å². The van der Waals surface area contributed by atoms with Gasteiger partial charge in [0.25, 0.3) is 0 Å². The van der Waals surface area contributed by atoms with Crippen molar-refractivity contribution in [1.82, 2.24) is 4.90 Å². The van der Waals surface area contributed by atoms with Gasteiger partial charge in [-0.1, -0.05) is 23.8 Å². The quantitative estimate of drug-likeness (QED) is 0.938. The number of hydrogen-bond donors (Lipinski definition) is 1. The van der Waals surface area contributed by atoms with Crippen molar-refractivity contribution in [1.29, 1.82) is 0 Å². The van der Waals surface area contributed by atoms with E-state index in [1.807, 2.05) is 31.2 Å². The van der Waals surface area contributed by atoms with E-state index < -0.39 is 5.82 Å². The number of aryl methyl sites for hydroxylation is 1. The summed E-state index contributed by atoms with van der Waals surface area (Å²) in [4.78, 5) is 27.6. The lowest BCUT2D eigenvalue weighted by Gasteiger charge is -2.18. The number of nitrogens with zero attached hydrogens (tertiary/aromatic N) is 2. The molecule has 6 heteroatoms. The van der Waals surface area contributed by atoms with Crippen LogP contribution in [0.4, 0.5) is 20.6 Å². The van der Waals surface area contributed by atoms with E-state index in [4.69, 9.17) is 0 Å². The molecule has 0 aromatic heterocycles. The summed E-state index contributed by atoms with van der Waals surface area (Å²) in [7, 11) is 0. The number of anilines is 2. The van der Waals surface area contributed by atoms with Gasteiger partial charge in [0.2, 0.25) is 5.91 Å². The van der Waals surface area contributed by atoms with E-state index in [0.717, 1.165) is 11.3 Å². The molecule has 24 heavy (non-hydrogen) atoms. The maximum atomic E-state index is 13.1. The van der Waals surface area contributed by atoms with E-state index in [1.54, 1.807) is 11.0 Å². The van der Waals surface area contributed by atoms with Crippen molar-refractivity contribution in [2.24, 2.45) is 0 Å². The van der Waals surface area contributed by atoms with E-state index in [-0.39, 0.29) is 18.5 Å². The molecule has 1 N–H and O–H groups in total. The molecule has 0 bridgehead atoms. The first-order valence-electron chi connectivity index (χ1n) is 7.71. The van der Waals surface area contributed by atoms with Gasteiger partial charge in [-0.25, -0.2) is 9.18 Å². The van der Waals surface area contributed by atoms with Gasteiger partial charge in [-0.3, -0.25) is 9.69 Å². The largest absolute Gasteiger partial charge is 0.325 e. The Morgan fingerprint density at radius 1 is 1.17 bits per heavy atom. The average Bonchev–Trinajstić information content (AvgIpc) is 2.89. The number of benzene rings is 2. The maximum absolute atomic E-state index is 13.1. The fourth-order valence-electron chi connectivity index (χ4n) is 2.63. The fourth-order valence-corrected chi connectivity index (χ4v) is 2.63. The summed E-state index contributed by atoms with van der Waals surface area (Å²) in [5.41, 5.74) is 2.32. The van der Waals surface area contributed by atoms with Gasteiger partial charge in [-0.15, -0.1) is 0 Å². The smallest absolute Gasteiger partial charge is 0.324 e. The van der Waals surface area contributed by atoms with Crippen molar-refractivity contribution in [2.75, 3.05) is 29.9 Å². The van der Waals surface area contributed by atoms with Crippen LogP contribution in [0.15, 0.2) is 48.5 Å². The van der Waals surface area contributed by atoms with E-state index in [0.29, 0.717) is 18.8 Å². The van der Waals surface area contributed by atoms with Crippen LogP contribution in [-0.2, 0) is 4.79 Å². The van der Waals surface area contributed by atoms with Crippen LogP contribution >= 0.6 is 0 Å². The third kappa shape index (κ3) is 3.53. The van der Waals surface area contributed by atoms with Crippen LogP contribution in [0.5, 0.6) is 0 Å². The Bertz CT molecular complexity index is 761. The predicted molar refractivity (Wildman–Crippen MR) is 90.5 cm³/mol. The Hall–Kier alpha value is -2.89. The van der Waals surface area contributed by atoms with E-state index in [9.17, 15) is 14.0 Å². The molecule has 2 aromatic carbocycles. The minimum atomic E-state index is -0.421. The monoisotopic (exact) mass is 327 g/mol. The lowest BCUT2D eigenvalue weighted by Crippen LogP contribution is -2.37. The molecule has 0 saturated carbocycles. The van der Waals surface area contributed by atoms with Gasteiger partial charge in [0.15, 0.2) is 0 Å². The molecule has 2 aromatic rings. The number of rotatable bonds is 4. The standard InChI is InChI=1S/C18H18FN3O2/c1-13-5-7-16(8-6-13)22-10-9-21(18(22)24)12-17(23)20-15-4-2-3-14(19)11-15/h2-8,11H,9-10,12H2,1H3,(H,20,23). The molecule has 0 aliphatic carbocycles. The van der Waals surface area contributed by atoms with Gasteiger partial charge < -0.3 is 10.2 Å². The third-order valence-corrected chi connectivity index (χ3v) is 3.88. The molecule has 5 nitrogen and oxygen atoms in total. The van der Waals surface area contributed by atoms with Crippen molar-refractivity contribution < 1.29 is 14.0 Å². The highest BCUT2D eigenvalue weighted by Crippen LogP contribution is 2.20. The number of carbonyl (C=O) groups excluding carboxylic acids is 2. The van der Waals surface area contributed by atoms with Gasteiger partial charge in [-0.05, 0) is 37.3 Å². The van der Waals surface area contributed by atoms with E-state index in [2.05, 4.69) is 5.32 Å². The van der Waals surface area contributed by atoms with Crippen LogP contribution in [0.1, 0.15) is 5.56 Å². The second kappa shape index (κ2) is 6.70. The van der Waals surface area contributed by atoms with Crippen LogP contribution < -0.4 is 10.2 Å². The summed E-state index contributed by atoms with van der Waals surface area (Å²) in [6.07, 6.45) is 0. The summed E-state index contributed by atoms with van der Waals surface area (Å²) in [6, 6.07) is 13.1. The molecule has 1 heterocycles. The molecule has 3 rings (SSSR count). The second-order valence-electron chi connectivity index (χ2n) is 5.75. The zero-order valence-electron chi connectivity index (χ0n) is 13.3. The van der Waals surface area contributed by atoms with Gasteiger partial charge in [0.1, 0.15) is 12.4 Å². The number of urea groups is 1. The molecule has 1 aliphatic heterocycles. The first-order chi connectivity index (χ1) is 11.5. The molecule has 0 radical (unpaired) electrons. The normalized spacial score (nSPS) is 14.2. The Morgan fingerprint density at radius 2 is 1.92 bits per heavy atom. The molecule has 1 fully saturated rings. The molecular formula is C18H18FN3O2. The van der Waals surface area contributed by atoms with Crippen LogP contribution in [0.3, 0.4) is 0 Å². The van der Waals surface area contributed by atoms with Gasteiger partial charge >= 0.3 is 6.03 Å². The minimum Gasteiger partial charge on any atom is -0.324 e. The SMILES string of the molecule is Cc1ccc(N2CCN(CC(=O)Nc3cccc(F)c3)C2=O)cc1. The molecule has 1 saturated heterocycles. The fraction of sp³-hybridized carbons (Fsp3) is 0.222. The number of amides is 3. The van der Waals surface area contributed by atoms with Crippen LogP contribution in [0.2, 0.25) is 0 Å². The summed E-state index contributed by atoms with van der Waals surface area (Å²) in [5, 5.41) is 2.60. The van der Waals surface area contributed by atoms with Gasteiger partial charge in [-0.2, -0.15) is 0 Å². The molecule has 1 aliphatic rings. The zero-order chi connectivity index (χ0) is 17.1. The van der Waals surface area contributed by atoms with Crippen molar-refractivity contribution in [2.45, 2.75) is 6.92 Å². The van der Waals surface area contributed by atoms with Gasteiger partial charge in [0, 0.05) is 24.5 Å². The first kappa shape index (κ1) is 16.0. The van der Waals surface area contributed by atoms with Crippen molar-refractivity contribution in [3.63, 3.8) is 0 Å². The Labute approximate surface area is 139 Å².